The summed E-state index contributed by atoms with van der Waals surface area (Å²) in [5.41, 5.74) is 2.36. The van der Waals surface area contributed by atoms with Gasteiger partial charge in [0.15, 0.2) is 9.04 Å². The minimum absolute atomic E-state index is 0.528. The van der Waals surface area contributed by atoms with E-state index >= 15 is 0 Å². The summed E-state index contributed by atoms with van der Waals surface area (Å²) in [6.07, 6.45) is 0.640. The van der Waals surface area contributed by atoms with Crippen LogP contribution in [-0.4, -0.2) is 32.4 Å². The second kappa shape index (κ2) is 7.62. The van der Waals surface area contributed by atoms with Crippen LogP contribution in [0.3, 0.4) is 0 Å². The minimum atomic E-state index is -1.81. The van der Waals surface area contributed by atoms with Crippen molar-refractivity contribution in [3.8, 4) is 0 Å². The van der Waals surface area contributed by atoms with Crippen LogP contribution in [0.1, 0.15) is 47.1 Å². The Morgan fingerprint density at radius 3 is 1.88 bits per heavy atom. The van der Waals surface area contributed by atoms with Crippen LogP contribution in [0.4, 0.5) is 0 Å². The van der Waals surface area contributed by atoms with Gasteiger partial charge < -0.3 is 19.7 Å². The third-order valence-electron chi connectivity index (χ3n) is 4.29. The van der Waals surface area contributed by atoms with Crippen LogP contribution in [0.15, 0.2) is 30.3 Å². The Balaban J connectivity index is 3.87. The number of hydrogen-bond acceptors (Lipinski definition) is 5. The minimum Gasteiger partial charge on any atom is -0.458 e. The van der Waals surface area contributed by atoms with E-state index in [4.69, 9.17) is 14.9 Å². The third kappa shape index (κ3) is 4.24. The van der Waals surface area contributed by atoms with Crippen molar-refractivity contribution >= 4 is 21.3 Å². The highest BCUT2D eigenvalue weighted by Crippen LogP contribution is 2.46. The molecule has 2 atom stereocenters. The molecule has 0 amide bonds. The molecule has 1 rings (SSSR count). The molecule has 0 fully saturated rings. The van der Waals surface area contributed by atoms with Crippen LogP contribution in [0.5, 0.6) is 0 Å². The van der Waals surface area contributed by atoms with Crippen molar-refractivity contribution in [1.29, 1.82) is 0 Å². The molecule has 0 aliphatic carbocycles. The van der Waals surface area contributed by atoms with Gasteiger partial charge in [0.25, 0.3) is 0 Å². The quantitative estimate of drug-likeness (QED) is 0.467. The fourth-order valence-corrected chi connectivity index (χ4v) is 4.04. The molecule has 6 heteroatoms. The van der Waals surface area contributed by atoms with Gasteiger partial charge in [-0.2, -0.15) is 0 Å². The Morgan fingerprint density at radius 2 is 1.54 bits per heavy atom. The van der Waals surface area contributed by atoms with Gasteiger partial charge in [-0.05, 0) is 44.8 Å². The van der Waals surface area contributed by atoms with E-state index in [0.717, 1.165) is 0 Å². The highest BCUT2D eigenvalue weighted by atomic mass is 28.3. The van der Waals surface area contributed by atoms with Crippen LogP contribution in [0.25, 0.3) is 0 Å². The van der Waals surface area contributed by atoms with Crippen LogP contribution in [-0.2, 0) is 24.4 Å². The molecule has 0 saturated carbocycles. The average molecular weight is 380 g/mol. The number of esters is 1. The molecular weight excluding hydrogens is 346 g/mol. The van der Waals surface area contributed by atoms with Gasteiger partial charge in [0.2, 0.25) is 5.60 Å². The molecule has 1 aromatic carbocycles. The zero-order chi connectivity index (χ0) is 20.4. The summed E-state index contributed by atoms with van der Waals surface area (Å²) in [5.74, 6) is -0.637. The largest absolute Gasteiger partial charge is 0.458 e. The normalized spacial score (nSPS) is 17.3. The maximum atomic E-state index is 13.5. The number of aldehydes is 1. The van der Waals surface area contributed by atoms with Crippen molar-refractivity contribution in [2.24, 2.45) is 11.1 Å². The van der Waals surface area contributed by atoms with Gasteiger partial charge in [0.05, 0.1) is 0 Å². The third-order valence-corrected chi connectivity index (χ3v) is 5.11. The van der Waals surface area contributed by atoms with Crippen molar-refractivity contribution in [3.05, 3.63) is 35.9 Å². The number of ether oxygens (including phenoxy) is 1. The number of carbonyl (C=O) groups is 2. The number of carbonyl (C=O) groups excluding carboxylic acids is 2. The average Bonchev–Trinajstić information content (AvgIpc) is 2.49. The summed E-state index contributed by atoms with van der Waals surface area (Å²) in [4.78, 5) is 25.9. The van der Waals surface area contributed by atoms with Crippen LogP contribution < -0.4 is 5.73 Å². The number of benzene rings is 1. The fourth-order valence-electron chi connectivity index (χ4n) is 2.90. The lowest BCUT2D eigenvalue weighted by Gasteiger charge is -2.51. The molecule has 0 aliphatic rings. The lowest BCUT2D eigenvalue weighted by Crippen LogP contribution is -2.72. The number of hydrogen-bond donors (Lipinski definition) is 1. The van der Waals surface area contributed by atoms with Gasteiger partial charge in [-0.3, -0.25) is 0 Å². The Bertz CT molecular complexity index is 633. The topological polar surface area (TPSA) is 78.6 Å². The first kappa shape index (κ1) is 22.5. The molecule has 0 aliphatic heterocycles. The molecular formula is C20H33NO4Si. The van der Waals surface area contributed by atoms with E-state index in [9.17, 15) is 9.59 Å². The van der Waals surface area contributed by atoms with E-state index in [0.29, 0.717) is 11.8 Å². The molecule has 26 heavy (non-hydrogen) atoms. The second-order valence-corrected chi connectivity index (χ2v) is 11.3. The first-order valence-electron chi connectivity index (χ1n) is 8.93. The van der Waals surface area contributed by atoms with E-state index in [-0.39, 0.29) is 0 Å². The van der Waals surface area contributed by atoms with E-state index in [1.54, 1.807) is 45.0 Å². The van der Waals surface area contributed by atoms with Crippen molar-refractivity contribution in [1.82, 2.24) is 0 Å². The van der Waals surface area contributed by atoms with E-state index in [1.807, 2.05) is 39.9 Å². The fraction of sp³-hybridized carbons (Fsp3) is 0.600. The lowest BCUT2D eigenvalue weighted by molar-refractivity contribution is -0.189. The van der Waals surface area contributed by atoms with Crippen LogP contribution >= 0.6 is 0 Å². The standard InChI is InChI=1S/C20H33NO4Si/c1-17(2,3)19(21,14-22)20(25-26(7)8,15-12-10-9-11-13-15)16(23)24-18(4,5)6/h9-14,26H,21H2,1-8H3/t19-,20-/m1/s1. The molecule has 0 bridgehead atoms. The van der Waals surface area contributed by atoms with E-state index in [1.165, 1.54) is 0 Å². The first-order chi connectivity index (χ1) is 11.7. The summed E-state index contributed by atoms with van der Waals surface area (Å²) < 4.78 is 12.0. The van der Waals surface area contributed by atoms with Gasteiger partial charge in [0, 0.05) is 0 Å². The smallest absolute Gasteiger partial charge is 0.345 e. The molecule has 146 valence electrons. The van der Waals surface area contributed by atoms with Gasteiger partial charge >= 0.3 is 5.97 Å². The van der Waals surface area contributed by atoms with Crippen LogP contribution in [0.2, 0.25) is 13.1 Å². The van der Waals surface area contributed by atoms with Crippen LogP contribution in [0, 0.1) is 5.41 Å². The monoisotopic (exact) mass is 379 g/mol. The summed E-state index contributed by atoms with van der Waals surface area (Å²) in [7, 11) is -1.81. The van der Waals surface area contributed by atoms with Gasteiger partial charge in [-0.25, -0.2) is 4.79 Å². The van der Waals surface area contributed by atoms with Gasteiger partial charge in [-0.15, -0.1) is 0 Å². The van der Waals surface area contributed by atoms with E-state index in [2.05, 4.69) is 0 Å². The highest BCUT2D eigenvalue weighted by Gasteiger charge is 2.64. The first-order valence-corrected chi connectivity index (χ1v) is 11.7. The molecule has 1 aromatic rings. The van der Waals surface area contributed by atoms with Crippen molar-refractivity contribution < 1.29 is 18.8 Å². The molecule has 2 N–H and O–H groups in total. The molecule has 0 heterocycles. The molecule has 0 spiro atoms. The number of rotatable bonds is 6. The molecule has 5 nitrogen and oxygen atoms in total. The Kier molecular flexibility index (Phi) is 6.61. The summed E-state index contributed by atoms with van der Waals surface area (Å²) in [5, 5.41) is 0. The van der Waals surface area contributed by atoms with E-state index < -0.39 is 37.2 Å². The summed E-state index contributed by atoms with van der Waals surface area (Å²) in [6, 6.07) is 8.96. The molecule has 0 unspecified atom stereocenters. The lowest BCUT2D eigenvalue weighted by atomic mass is 9.62. The predicted octanol–water partition coefficient (Wildman–Crippen LogP) is 3.17. The molecule has 0 aromatic heterocycles. The maximum absolute atomic E-state index is 13.5. The Labute approximate surface area is 159 Å². The summed E-state index contributed by atoms with van der Waals surface area (Å²) in [6.45, 7) is 14.7. The highest BCUT2D eigenvalue weighted by molar-refractivity contribution is 6.48. The zero-order valence-corrected chi connectivity index (χ0v) is 18.4. The Morgan fingerprint density at radius 1 is 1.04 bits per heavy atom. The van der Waals surface area contributed by atoms with Gasteiger partial charge in [0.1, 0.15) is 17.4 Å². The van der Waals surface area contributed by atoms with Gasteiger partial charge in [-0.1, -0.05) is 51.1 Å². The predicted molar refractivity (Wildman–Crippen MR) is 106 cm³/mol. The van der Waals surface area contributed by atoms with Crippen molar-refractivity contribution in [3.63, 3.8) is 0 Å². The number of nitrogens with two attached hydrogens (primary N) is 1. The zero-order valence-electron chi connectivity index (χ0n) is 17.3. The van der Waals surface area contributed by atoms with Crippen molar-refractivity contribution in [2.75, 3.05) is 0 Å². The second-order valence-electron chi connectivity index (χ2n) is 8.95. The Hall–Kier alpha value is -1.50. The molecule has 0 saturated heterocycles. The SMILES string of the molecule is C[SiH](C)O[C@@](C(=O)OC(C)(C)C)(c1ccccc1)[C@@](N)(C=O)C(C)(C)C. The summed E-state index contributed by atoms with van der Waals surface area (Å²) >= 11 is 0. The molecule has 0 radical (unpaired) electrons. The maximum Gasteiger partial charge on any atom is 0.345 e. The van der Waals surface area contributed by atoms with Crippen molar-refractivity contribution in [2.45, 2.75) is 71.4 Å².